The molecule has 0 saturated heterocycles. The van der Waals surface area contributed by atoms with Crippen LogP contribution in [-0.2, 0) is 7.05 Å². The molecule has 1 aromatic heterocycles. The Bertz CT molecular complexity index is 680. The molecule has 5 nitrogen and oxygen atoms in total. The van der Waals surface area contributed by atoms with Gasteiger partial charge < -0.3 is 9.64 Å². The molecule has 114 valence electrons. The monoisotopic (exact) mass is 289 g/mol. The second-order valence-corrected chi connectivity index (χ2v) is 5.37. The quantitative estimate of drug-likeness (QED) is 0.870. The molecule has 5 heteroatoms. The van der Waals surface area contributed by atoms with Crippen molar-refractivity contribution in [1.82, 2.24) is 14.7 Å². The summed E-state index contributed by atoms with van der Waals surface area (Å²) in [6.45, 7) is 8.78. The zero-order valence-electron chi connectivity index (χ0n) is 13.6. The van der Waals surface area contributed by atoms with Crippen molar-refractivity contribution in [3.8, 4) is 5.88 Å². The first-order valence-electron chi connectivity index (χ1n) is 7.17. The molecule has 0 bridgehead atoms. The summed E-state index contributed by atoms with van der Waals surface area (Å²) in [6, 6.07) is 0. The second kappa shape index (κ2) is 5.70. The van der Waals surface area contributed by atoms with E-state index in [4.69, 9.17) is 4.74 Å². The standard InChI is InChI=1S/C16H23N3O2/c1-7-21-15-13(16(20)19(6)17-15)8-9-14-11(3)10(2)12(4)18(14)5/h8,11,17H,7H2,1-6H3. The summed E-state index contributed by atoms with van der Waals surface area (Å²) in [5.41, 5.74) is 7.31. The van der Waals surface area contributed by atoms with E-state index in [2.05, 4.69) is 36.5 Å². The molecule has 1 atom stereocenters. The highest BCUT2D eigenvalue weighted by Crippen LogP contribution is 2.34. The van der Waals surface area contributed by atoms with Gasteiger partial charge in [0, 0.05) is 31.8 Å². The molecule has 1 aromatic rings. The van der Waals surface area contributed by atoms with E-state index < -0.39 is 0 Å². The molecule has 1 N–H and O–H groups in total. The number of allylic oxidation sites excluding steroid dienone is 2. The number of nitrogens with one attached hydrogen (secondary N) is 1. The average Bonchev–Trinajstić information content (AvgIpc) is 2.81. The predicted octanol–water partition coefficient (Wildman–Crippen LogP) is 2.48. The third-order valence-corrected chi connectivity index (χ3v) is 4.20. The fourth-order valence-electron chi connectivity index (χ4n) is 2.54. The number of aryl methyl sites for hydroxylation is 1. The average molecular weight is 289 g/mol. The van der Waals surface area contributed by atoms with Gasteiger partial charge in [-0.2, -0.15) is 0 Å². The van der Waals surface area contributed by atoms with Gasteiger partial charge in [0.1, 0.15) is 5.56 Å². The summed E-state index contributed by atoms with van der Waals surface area (Å²) < 4.78 is 6.89. The molecule has 2 rings (SSSR count). The fourth-order valence-corrected chi connectivity index (χ4v) is 2.54. The Balaban J connectivity index is 2.47. The van der Waals surface area contributed by atoms with Crippen LogP contribution in [0.25, 0.3) is 6.08 Å². The number of rotatable bonds is 3. The van der Waals surface area contributed by atoms with Crippen LogP contribution in [0.1, 0.15) is 33.3 Å². The molecule has 0 radical (unpaired) electrons. The van der Waals surface area contributed by atoms with Gasteiger partial charge in [0.15, 0.2) is 0 Å². The van der Waals surface area contributed by atoms with Crippen molar-refractivity contribution in [2.24, 2.45) is 13.0 Å². The van der Waals surface area contributed by atoms with E-state index >= 15 is 0 Å². The third-order valence-electron chi connectivity index (χ3n) is 4.20. The number of nitrogens with zero attached hydrogens (tertiary/aromatic N) is 2. The van der Waals surface area contributed by atoms with Crippen molar-refractivity contribution in [3.63, 3.8) is 0 Å². The van der Waals surface area contributed by atoms with Crippen LogP contribution in [0.5, 0.6) is 5.88 Å². The smallest absolute Gasteiger partial charge is 0.278 e. The van der Waals surface area contributed by atoms with Crippen LogP contribution in [0.3, 0.4) is 0 Å². The van der Waals surface area contributed by atoms with Gasteiger partial charge in [0.2, 0.25) is 5.88 Å². The van der Waals surface area contributed by atoms with Crippen molar-refractivity contribution in [1.29, 1.82) is 0 Å². The highest BCUT2D eigenvalue weighted by molar-refractivity contribution is 5.54. The summed E-state index contributed by atoms with van der Waals surface area (Å²) in [6.07, 6.45) is 1.72. The fraction of sp³-hybridized carbons (Fsp3) is 0.500. The highest BCUT2D eigenvalue weighted by Gasteiger charge is 2.25. The summed E-state index contributed by atoms with van der Waals surface area (Å²) >= 11 is 0. The van der Waals surface area contributed by atoms with Crippen molar-refractivity contribution in [2.45, 2.75) is 27.7 Å². The van der Waals surface area contributed by atoms with Crippen molar-refractivity contribution >= 4 is 6.08 Å². The van der Waals surface area contributed by atoms with Crippen LogP contribution in [0.4, 0.5) is 0 Å². The Hall–Kier alpha value is -2.13. The van der Waals surface area contributed by atoms with Gasteiger partial charge in [-0.15, -0.1) is 0 Å². The van der Waals surface area contributed by atoms with Crippen LogP contribution in [-0.4, -0.2) is 28.3 Å². The second-order valence-electron chi connectivity index (χ2n) is 5.37. The molecule has 0 aliphatic carbocycles. The zero-order chi connectivity index (χ0) is 15.7. The Morgan fingerprint density at radius 2 is 2.05 bits per heavy atom. The first-order chi connectivity index (χ1) is 9.88. The molecule has 21 heavy (non-hydrogen) atoms. The SMILES string of the molecule is CCOc1[nH]n(C)c(=O)c1C=C=C1C(C)C(C)=C(C)N1C. The van der Waals surface area contributed by atoms with Gasteiger partial charge in [-0.1, -0.05) is 12.7 Å². The van der Waals surface area contributed by atoms with Crippen molar-refractivity contribution < 1.29 is 4.74 Å². The number of aromatic nitrogens is 2. The molecule has 1 unspecified atom stereocenters. The van der Waals surface area contributed by atoms with Gasteiger partial charge in [0.25, 0.3) is 5.56 Å². The Kier molecular flexibility index (Phi) is 4.14. The Morgan fingerprint density at radius 3 is 2.57 bits per heavy atom. The third kappa shape index (κ3) is 2.57. The van der Waals surface area contributed by atoms with Gasteiger partial charge in [-0.3, -0.25) is 14.6 Å². The molecule has 0 fully saturated rings. The minimum absolute atomic E-state index is 0.110. The van der Waals surface area contributed by atoms with E-state index in [1.54, 1.807) is 13.1 Å². The van der Waals surface area contributed by atoms with Crippen LogP contribution < -0.4 is 10.3 Å². The molecule has 0 spiro atoms. The van der Waals surface area contributed by atoms with Crippen LogP contribution >= 0.6 is 0 Å². The summed E-state index contributed by atoms with van der Waals surface area (Å²) in [5.74, 6) is 0.803. The molecule has 1 aliphatic heterocycles. The maximum Gasteiger partial charge on any atom is 0.278 e. The molecule has 0 amide bonds. The summed E-state index contributed by atoms with van der Waals surface area (Å²) in [5, 5.41) is 2.91. The van der Waals surface area contributed by atoms with E-state index in [1.165, 1.54) is 16.0 Å². The largest absolute Gasteiger partial charge is 0.478 e. The minimum Gasteiger partial charge on any atom is -0.478 e. The molecule has 1 aliphatic rings. The zero-order valence-corrected chi connectivity index (χ0v) is 13.6. The minimum atomic E-state index is -0.110. The van der Waals surface area contributed by atoms with Crippen molar-refractivity contribution in [3.05, 3.63) is 38.6 Å². The molecule has 0 aromatic carbocycles. The number of aromatic amines is 1. The Labute approximate surface area is 125 Å². The van der Waals surface area contributed by atoms with Crippen LogP contribution in [0, 0.1) is 5.92 Å². The number of H-pyrrole nitrogens is 1. The van der Waals surface area contributed by atoms with Gasteiger partial charge in [-0.25, -0.2) is 0 Å². The van der Waals surface area contributed by atoms with E-state index in [1.807, 2.05) is 14.0 Å². The number of ether oxygens (including phenoxy) is 1. The first-order valence-corrected chi connectivity index (χ1v) is 7.17. The van der Waals surface area contributed by atoms with E-state index in [0.29, 0.717) is 24.0 Å². The maximum absolute atomic E-state index is 12.1. The number of hydrogen-bond acceptors (Lipinski definition) is 3. The highest BCUT2D eigenvalue weighted by atomic mass is 16.5. The van der Waals surface area contributed by atoms with Gasteiger partial charge in [-0.05, 0) is 26.3 Å². The summed E-state index contributed by atoms with van der Waals surface area (Å²) in [7, 11) is 3.70. The van der Waals surface area contributed by atoms with Crippen LogP contribution in [0.15, 0.2) is 27.5 Å². The lowest BCUT2D eigenvalue weighted by atomic mass is 10.0. The van der Waals surface area contributed by atoms with Crippen molar-refractivity contribution in [2.75, 3.05) is 13.7 Å². The molecule has 2 heterocycles. The van der Waals surface area contributed by atoms with Crippen LogP contribution in [0.2, 0.25) is 0 Å². The lowest BCUT2D eigenvalue weighted by molar-refractivity contribution is 0.322. The lowest BCUT2D eigenvalue weighted by Gasteiger charge is -2.15. The summed E-state index contributed by atoms with van der Waals surface area (Å²) in [4.78, 5) is 14.2. The molecular formula is C16H23N3O2. The van der Waals surface area contributed by atoms with Gasteiger partial charge in [0.05, 0.1) is 12.3 Å². The first kappa shape index (κ1) is 15.3. The normalized spacial score (nSPS) is 18.3. The van der Waals surface area contributed by atoms with E-state index in [0.717, 1.165) is 5.70 Å². The topological polar surface area (TPSA) is 50.3 Å². The molecular weight excluding hydrogens is 266 g/mol. The predicted molar refractivity (Wildman–Crippen MR) is 84.0 cm³/mol. The Morgan fingerprint density at radius 1 is 1.38 bits per heavy atom. The lowest BCUT2D eigenvalue weighted by Crippen LogP contribution is -2.13. The molecule has 0 saturated carbocycles. The van der Waals surface area contributed by atoms with E-state index in [9.17, 15) is 4.79 Å². The number of hydrogen-bond donors (Lipinski definition) is 1. The van der Waals surface area contributed by atoms with Gasteiger partial charge >= 0.3 is 0 Å². The van der Waals surface area contributed by atoms with E-state index in [-0.39, 0.29) is 5.56 Å². The maximum atomic E-state index is 12.1.